The van der Waals surface area contributed by atoms with Gasteiger partial charge in [-0.15, -0.1) is 0 Å². The van der Waals surface area contributed by atoms with Gasteiger partial charge in [0.05, 0.1) is 5.52 Å². The molecule has 0 aliphatic heterocycles. The van der Waals surface area contributed by atoms with E-state index in [0.717, 1.165) is 26.9 Å². The standard InChI is InChI=1S/C14H10BrN3/c15-12-8-4-7-11-13(12)16-9-17-14(11)18-10-5-2-1-3-6-10/h1-9H,(H,16,17,18). The summed E-state index contributed by atoms with van der Waals surface area (Å²) < 4.78 is 0.971. The van der Waals surface area contributed by atoms with Crippen molar-refractivity contribution in [2.75, 3.05) is 5.32 Å². The van der Waals surface area contributed by atoms with Crippen molar-refractivity contribution in [1.29, 1.82) is 0 Å². The van der Waals surface area contributed by atoms with E-state index in [1.54, 1.807) is 6.33 Å². The van der Waals surface area contributed by atoms with Crippen LogP contribution < -0.4 is 5.32 Å². The molecule has 0 atom stereocenters. The van der Waals surface area contributed by atoms with Crippen molar-refractivity contribution < 1.29 is 0 Å². The van der Waals surface area contributed by atoms with Gasteiger partial charge in [-0.2, -0.15) is 0 Å². The van der Waals surface area contributed by atoms with E-state index in [0.29, 0.717) is 0 Å². The third-order valence-electron chi connectivity index (χ3n) is 2.65. The van der Waals surface area contributed by atoms with Crippen LogP contribution in [-0.4, -0.2) is 9.97 Å². The number of para-hydroxylation sites is 2. The predicted molar refractivity (Wildman–Crippen MR) is 77.0 cm³/mol. The second-order valence-electron chi connectivity index (χ2n) is 3.85. The summed E-state index contributed by atoms with van der Waals surface area (Å²) in [5.74, 6) is 0.813. The molecule has 1 heterocycles. The Kier molecular flexibility index (Phi) is 2.94. The van der Waals surface area contributed by atoms with Gasteiger partial charge in [-0.1, -0.05) is 24.3 Å². The van der Waals surface area contributed by atoms with E-state index in [2.05, 4.69) is 31.2 Å². The Morgan fingerprint density at radius 3 is 2.56 bits per heavy atom. The van der Waals surface area contributed by atoms with Gasteiger partial charge in [0.25, 0.3) is 0 Å². The highest BCUT2D eigenvalue weighted by atomic mass is 79.9. The molecule has 2 aromatic carbocycles. The maximum Gasteiger partial charge on any atom is 0.141 e. The van der Waals surface area contributed by atoms with Crippen LogP contribution in [0.1, 0.15) is 0 Å². The zero-order valence-electron chi connectivity index (χ0n) is 9.47. The van der Waals surface area contributed by atoms with Gasteiger partial charge >= 0.3 is 0 Å². The summed E-state index contributed by atoms with van der Waals surface area (Å²) in [6, 6.07) is 15.9. The van der Waals surface area contributed by atoms with E-state index in [-0.39, 0.29) is 0 Å². The molecule has 0 aliphatic rings. The minimum absolute atomic E-state index is 0.813. The van der Waals surface area contributed by atoms with Crippen LogP contribution in [0, 0.1) is 0 Å². The lowest BCUT2D eigenvalue weighted by Gasteiger charge is -2.08. The fourth-order valence-electron chi connectivity index (χ4n) is 1.81. The van der Waals surface area contributed by atoms with Crippen molar-refractivity contribution in [2.24, 2.45) is 0 Å². The highest BCUT2D eigenvalue weighted by molar-refractivity contribution is 9.10. The third-order valence-corrected chi connectivity index (χ3v) is 3.29. The van der Waals surface area contributed by atoms with Crippen LogP contribution in [0.4, 0.5) is 11.5 Å². The first kappa shape index (κ1) is 11.2. The Bertz CT molecular complexity index is 683. The number of rotatable bonds is 2. The molecule has 0 fully saturated rings. The van der Waals surface area contributed by atoms with Crippen LogP contribution in [0.5, 0.6) is 0 Å². The minimum atomic E-state index is 0.813. The van der Waals surface area contributed by atoms with Gasteiger partial charge in [0.2, 0.25) is 0 Å². The first-order valence-corrected chi connectivity index (χ1v) is 6.35. The summed E-state index contributed by atoms with van der Waals surface area (Å²) in [6.45, 7) is 0. The minimum Gasteiger partial charge on any atom is -0.340 e. The number of hydrogen-bond donors (Lipinski definition) is 1. The number of aromatic nitrogens is 2. The number of nitrogens with zero attached hydrogens (tertiary/aromatic N) is 2. The van der Waals surface area contributed by atoms with Gasteiger partial charge in [-0.05, 0) is 40.2 Å². The summed E-state index contributed by atoms with van der Waals surface area (Å²) in [5.41, 5.74) is 1.92. The predicted octanol–water partition coefficient (Wildman–Crippen LogP) is 4.14. The van der Waals surface area contributed by atoms with Gasteiger partial charge in [-0.3, -0.25) is 0 Å². The summed E-state index contributed by atoms with van der Waals surface area (Å²) in [7, 11) is 0. The molecule has 0 amide bonds. The Morgan fingerprint density at radius 2 is 1.72 bits per heavy atom. The van der Waals surface area contributed by atoms with Gasteiger partial charge in [-0.25, -0.2) is 9.97 Å². The van der Waals surface area contributed by atoms with E-state index >= 15 is 0 Å². The Hall–Kier alpha value is -1.94. The normalized spacial score (nSPS) is 10.5. The van der Waals surface area contributed by atoms with E-state index < -0.39 is 0 Å². The van der Waals surface area contributed by atoms with Crippen molar-refractivity contribution in [2.45, 2.75) is 0 Å². The molecule has 18 heavy (non-hydrogen) atoms. The van der Waals surface area contributed by atoms with Crippen LogP contribution in [0.2, 0.25) is 0 Å². The molecule has 0 radical (unpaired) electrons. The third kappa shape index (κ3) is 2.07. The van der Waals surface area contributed by atoms with Gasteiger partial charge in [0.15, 0.2) is 0 Å². The molecule has 1 N–H and O–H groups in total. The van der Waals surface area contributed by atoms with Crippen molar-refractivity contribution in [3.05, 3.63) is 59.3 Å². The summed E-state index contributed by atoms with van der Waals surface area (Å²) >= 11 is 3.50. The Morgan fingerprint density at radius 1 is 0.889 bits per heavy atom. The molecule has 0 saturated heterocycles. The number of nitrogens with one attached hydrogen (secondary N) is 1. The highest BCUT2D eigenvalue weighted by Gasteiger charge is 2.05. The molecular weight excluding hydrogens is 290 g/mol. The Balaban J connectivity index is 2.10. The summed E-state index contributed by atoms with van der Waals surface area (Å²) in [4.78, 5) is 8.59. The average Bonchev–Trinajstić information content (AvgIpc) is 2.41. The molecular formula is C14H10BrN3. The summed E-state index contributed by atoms with van der Waals surface area (Å²) in [5, 5.41) is 4.30. The van der Waals surface area contributed by atoms with Gasteiger partial charge in [0.1, 0.15) is 12.1 Å². The average molecular weight is 300 g/mol. The molecule has 4 heteroatoms. The van der Waals surface area contributed by atoms with Crippen molar-refractivity contribution in [3.63, 3.8) is 0 Å². The smallest absolute Gasteiger partial charge is 0.141 e. The lowest BCUT2D eigenvalue weighted by molar-refractivity contribution is 1.21. The number of halogens is 1. The molecule has 0 aliphatic carbocycles. The van der Waals surface area contributed by atoms with Crippen LogP contribution in [0.3, 0.4) is 0 Å². The van der Waals surface area contributed by atoms with Crippen LogP contribution in [-0.2, 0) is 0 Å². The van der Waals surface area contributed by atoms with E-state index in [1.807, 2.05) is 48.5 Å². The monoisotopic (exact) mass is 299 g/mol. The van der Waals surface area contributed by atoms with E-state index in [1.165, 1.54) is 0 Å². The lowest BCUT2D eigenvalue weighted by atomic mass is 10.2. The van der Waals surface area contributed by atoms with Gasteiger partial charge < -0.3 is 5.32 Å². The number of benzene rings is 2. The number of fused-ring (bicyclic) bond motifs is 1. The molecule has 88 valence electrons. The largest absolute Gasteiger partial charge is 0.340 e. The number of anilines is 2. The zero-order chi connectivity index (χ0) is 12.4. The molecule has 3 aromatic rings. The number of hydrogen-bond acceptors (Lipinski definition) is 3. The maximum atomic E-state index is 4.30. The molecule has 3 nitrogen and oxygen atoms in total. The van der Waals surface area contributed by atoms with E-state index in [9.17, 15) is 0 Å². The fraction of sp³-hybridized carbons (Fsp3) is 0. The lowest BCUT2D eigenvalue weighted by Crippen LogP contribution is -1.95. The van der Waals surface area contributed by atoms with E-state index in [4.69, 9.17) is 0 Å². The molecule has 1 aromatic heterocycles. The SMILES string of the molecule is Brc1cccc2c(Nc3ccccc3)ncnc12. The highest BCUT2D eigenvalue weighted by Crippen LogP contribution is 2.27. The second kappa shape index (κ2) is 4.74. The van der Waals surface area contributed by atoms with Gasteiger partial charge in [0, 0.05) is 15.5 Å². The van der Waals surface area contributed by atoms with Crippen molar-refractivity contribution in [3.8, 4) is 0 Å². The molecule has 0 spiro atoms. The quantitative estimate of drug-likeness (QED) is 0.773. The zero-order valence-corrected chi connectivity index (χ0v) is 11.1. The first-order chi connectivity index (χ1) is 8.84. The maximum absolute atomic E-state index is 4.30. The van der Waals surface area contributed by atoms with Crippen LogP contribution in [0.25, 0.3) is 10.9 Å². The van der Waals surface area contributed by atoms with Crippen LogP contribution >= 0.6 is 15.9 Å². The molecule has 0 unspecified atom stereocenters. The first-order valence-electron chi connectivity index (χ1n) is 5.56. The molecule has 3 rings (SSSR count). The fourth-order valence-corrected chi connectivity index (χ4v) is 2.28. The van der Waals surface area contributed by atoms with Crippen molar-refractivity contribution >= 4 is 38.3 Å². The van der Waals surface area contributed by atoms with Crippen LogP contribution in [0.15, 0.2) is 59.3 Å². The molecule has 0 saturated carbocycles. The Labute approximate surface area is 113 Å². The molecule has 0 bridgehead atoms. The topological polar surface area (TPSA) is 37.8 Å². The summed E-state index contributed by atoms with van der Waals surface area (Å²) in [6.07, 6.45) is 1.57. The van der Waals surface area contributed by atoms with Crippen molar-refractivity contribution in [1.82, 2.24) is 9.97 Å². The second-order valence-corrected chi connectivity index (χ2v) is 4.70.